The van der Waals surface area contributed by atoms with Gasteiger partial charge in [-0.2, -0.15) is 5.26 Å². The van der Waals surface area contributed by atoms with E-state index >= 15 is 0 Å². The maximum Gasteiger partial charge on any atom is 0.317 e. The Bertz CT molecular complexity index is 240. The number of carbonyl (C=O) groups excluding carboxylic acids is 1. The van der Waals surface area contributed by atoms with E-state index in [0.717, 1.165) is 32.1 Å². The molecule has 1 fully saturated rings. The molecule has 3 nitrogen and oxygen atoms in total. The summed E-state index contributed by atoms with van der Waals surface area (Å²) in [6.07, 6.45) is 4.65. The highest BCUT2D eigenvalue weighted by molar-refractivity contribution is 6.62. The first-order chi connectivity index (χ1) is 6.12. The third-order valence-corrected chi connectivity index (χ3v) is 3.05. The molecule has 72 valence electrons. The fourth-order valence-corrected chi connectivity index (χ4v) is 1.99. The van der Waals surface area contributed by atoms with E-state index in [1.807, 2.05) is 0 Å². The molecule has 0 heterocycles. The molecule has 1 aliphatic carbocycles. The summed E-state index contributed by atoms with van der Waals surface area (Å²) in [5, 5.41) is 8.52. The summed E-state index contributed by atoms with van der Waals surface area (Å²) in [4.78, 5) is 12.3. The highest BCUT2D eigenvalue weighted by Crippen LogP contribution is 2.32. The molecule has 4 heteroatoms. The van der Waals surface area contributed by atoms with Crippen molar-refractivity contribution in [3.05, 3.63) is 0 Å². The van der Waals surface area contributed by atoms with Crippen molar-refractivity contribution in [2.24, 2.45) is 0 Å². The molecule has 0 radical (unpaired) electrons. The quantitative estimate of drug-likeness (QED) is 0.482. The Labute approximate surface area is 83.3 Å². The molecule has 0 aromatic rings. The largest absolute Gasteiger partial charge is 0.317 e. The minimum atomic E-state index is -0.642. The molecule has 1 saturated carbocycles. The Kier molecular flexibility index (Phi) is 3.16. The minimum absolute atomic E-state index is 0.538. The Morgan fingerprint density at radius 1 is 1.46 bits per heavy atom. The zero-order chi connectivity index (χ0) is 9.90. The molecule has 0 spiro atoms. The van der Waals surface area contributed by atoms with Crippen molar-refractivity contribution >= 4 is 17.0 Å². The number of nitriles is 1. The van der Waals surface area contributed by atoms with Crippen molar-refractivity contribution < 1.29 is 4.79 Å². The Morgan fingerprint density at radius 2 is 2.00 bits per heavy atom. The second-order valence-corrected chi connectivity index (χ2v) is 3.84. The van der Waals surface area contributed by atoms with Gasteiger partial charge >= 0.3 is 5.37 Å². The van der Waals surface area contributed by atoms with Gasteiger partial charge < -0.3 is 4.90 Å². The van der Waals surface area contributed by atoms with Crippen LogP contribution >= 0.6 is 11.6 Å². The molecule has 1 rings (SSSR count). The van der Waals surface area contributed by atoms with Crippen LogP contribution in [-0.4, -0.2) is 22.9 Å². The highest BCUT2D eigenvalue weighted by atomic mass is 35.5. The molecule has 0 aromatic heterocycles. The second-order valence-electron chi connectivity index (χ2n) is 3.52. The molecular weight excluding hydrogens is 188 g/mol. The average Bonchev–Trinajstić information content (AvgIpc) is 2.17. The molecule has 0 atom stereocenters. The lowest BCUT2D eigenvalue weighted by atomic mass is 9.82. The average molecular weight is 201 g/mol. The molecule has 13 heavy (non-hydrogen) atoms. The zero-order valence-corrected chi connectivity index (χ0v) is 8.47. The van der Waals surface area contributed by atoms with E-state index in [0.29, 0.717) is 0 Å². The molecule has 0 unspecified atom stereocenters. The van der Waals surface area contributed by atoms with Crippen LogP contribution < -0.4 is 0 Å². The highest BCUT2D eigenvalue weighted by Gasteiger charge is 2.38. The fraction of sp³-hybridized carbons (Fsp3) is 0.778. The second kappa shape index (κ2) is 3.97. The van der Waals surface area contributed by atoms with Gasteiger partial charge in [0, 0.05) is 7.05 Å². The minimum Gasteiger partial charge on any atom is -0.314 e. The van der Waals surface area contributed by atoms with E-state index in [4.69, 9.17) is 16.9 Å². The maximum absolute atomic E-state index is 10.9. The summed E-state index contributed by atoms with van der Waals surface area (Å²) in [6.45, 7) is 0. The normalized spacial score (nSPS) is 20.4. The summed E-state index contributed by atoms with van der Waals surface area (Å²) in [6, 6.07) is 2.22. The monoisotopic (exact) mass is 200 g/mol. The van der Waals surface area contributed by atoms with Crippen molar-refractivity contribution in [2.45, 2.75) is 37.6 Å². The molecule has 0 bridgehead atoms. The SMILES string of the molecule is CN(C(=O)Cl)C1(C#N)CCCCC1. The van der Waals surface area contributed by atoms with E-state index in [2.05, 4.69) is 6.07 Å². The summed E-state index contributed by atoms with van der Waals surface area (Å²) in [5.41, 5.74) is -0.642. The standard InChI is InChI=1S/C9H13ClN2O/c1-12(8(10)13)9(7-11)5-3-2-4-6-9/h2-6H2,1H3. The summed E-state index contributed by atoms with van der Waals surface area (Å²) in [5.74, 6) is 0. The molecule has 1 aliphatic rings. The molecule has 0 aromatic carbocycles. The van der Waals surface area contributed by atoms with E-state index in [1.165, 1.54) is 4.90 Å². The van der Waals surface area contributed by atoms with E-state index < -0.39 is 10.9 Å². The molecule has 0 N–H and O–H groups in total. The molecule has 1 amide bonds. The summed E-state index contributed by atoms with van der Waals surface area (Å²) >= 11 is 5.37. The van der Waals surface area contributed by atoms with Gasteiger partial charge in [-0.3, -0.25) is 4.79 Å². The van der Waals surface area contributed by atoms with Gasteiger partial charge in [-0.15, -0.1) is 0 Å². The number of nitrogens with zero attached hydrogens (tertiary/aromatic N) is 2. The van der Waals surface area contributed by atoms with Crippen LogP contribution in [0.5, 0.6) is 0 Å². The molecular formula is C9H13ClN2O. The van der Waals surface area contributed by atoms with Crippen LogP contribution in [0.2, 0.25) is 0 Å². The van der Waals surface area contributed by atoms with Gasteiger partial charge in [-0.1, -0.05) is 19.3 Å². The smallest absolute Gasteiger partial charge is 0.314 e. The first-order valence-corrected chi connectivity index (χ1v) is 4.85. The van der Waals surface area contributed by atoms with Crippen molar-refractivity contribution in [3.63, 3.8) is 0 Å². The number of rotatable bonds is 1. The van der Waals surface area contributed by atoms with Gasteiger partial charge in [0.2, 0.25) is 0 Å². The van der Waals surface area contributed by atoms with Crippen LogP contribution in [0.4, 0.5) is 4.79 Å². The zero-order valence-electron chi connectivity index (χ0n) is 7.72. The lowest BCUT2D eigenvalue weighted by Crippen LogP contribution is -2.47. The lowest BCUT2D eigenvalue weighted by molar-refractivity contribution is 0.156. The van der Waals surface area contributed by atoms with Crippen molar-refractivity contribution in [2.75, 3.05) is 7.05 Å². The van der Waals surface area contributed by atoms with Gasteiger partial charge in [0.15, 0.2) is 0 Å². The van der Waals surface area contributed by atoms with Crippen molar-refractivity contribution in [3.8, 4) is 6.07 Å². The summed E-state index contributed by atoms with van der Waals surface area (Å²) < 4.78 is 0. The van der Waals surface area contributed by atoms with Gasteiger partial charge in [0.25, 0.3) is 0 Å². The van der Waals surface area contributed by atoms with Crippen LogP contribution in [-0.2, 0) is 0 Å². The van der Waals surface area contributed by atoms with E-state index in [-0.39, 0.29) is 0 Å². The Balaban J connectivity index is 2.80. The first-order valence-electron chi connectivity index (χ1n) is 4.47. The van der Waals surface area contributed by atoms with E-state index in [1.54, 1.807) is 7.05 Å². The molecule has 0 aliphatic heterocycles. The maximum atomic E-state index is 10.9. The van der Waals surface area contributed by atoms with Gasteiger partial charge in [-0.25, -0.2) is 0 Å². The number of halogens is 1. The lowest BCUT2D eigenvalue weighted by Gasteiger charge is -2.37. The van der Waals surface area contributed by atoms with Crippen LogP contribution in [0.25, 0.3) is 0 Å². The predicted molar refractivity (Wildman–Crippen MR) is 50.4 cm³/mol. The Morgan fingerprint density at radius 3 is 2.38 bits per heavy atom. The molecule has 0 saturated heterocycles. The number of carbonyl (C=O) groups is 1. The number of hydrogen-bond acceptors (Lipinski definition) is 2. The Hall–Kier alpha value is -0.750. The predicted octanol–water partition coefficient (Wildman–Crippen LogP) is 2.50. The third-order valence-electron chi connectivity index (χ3n) is 2.79. The van der Waals surface area contributed by atoms with Crippen molar-refractivity contribution in [1.82, 2.24) is 4.90 Å². The van der Waals surface area contributed by atoms with Crippen LogP contribution in [0.15, 0.2) is 0 Å². The van der Waals surface area contributed by atoms with Crippen LogP contribution in [0.1, 0.15) is 32.1 Å². The topological polar surface area (TPSA) is 44.1 Å². The van der Waals surface area contributed by atoms with Crippen LogP contribution in [0, 0.1) is 11.3 Å². The number of amides is 1. The van der Waals surface area contributed by atoms with Gasteiger partial charge in [0.1, 0.15) is 5.54 Å². The fourth-order valence-electron chi connectivity index (χ4n) is 1.83. The first kappa shape index (κ1) is 10.3. The van der Waals surface area contributed by atoms with E-state index in [9.17, 15) is 4.79 Å². The van der Waals surface area contributed by atoms with Crippen molar-refractivity contribution in [1.29, 1.82) is 5.26 Å². The van der Waals surface area contributed by atoms with Gasteiger partial charge in [0.05, 0.1) is 6.07 Å². The van der Waals surface area contributed by atoms with Gasteiger partial charge in [-0.05, 0) is 24.4 Å². The number of hydrogen-bond donors (Lipinski definition) is 0. The third kappa shape index (κ3) is 1.94. The summed E-state index contributed by atoms with van der Waals surface area (Å²) in [7, 11) is 1.60. The van der Waals surface area contributed by atoms with Crippen LogP contribution in [0.3, 0.4) is 0 Å².